The Kier molecular flexibility index (Phi) is 5.65. The molecule has 0 heterocycles. The van der Waals surface area contributed by atoms with E-state index < -0.39 is 22.0 Å². The van der Waals surface area contributed by atoms with Crippen LogP contribution in [0.4, 0.5) is 5.69 Å². The Morgan fingerprint density at radius 2 is 1.54 bits per heavy atom. The minimum absolute atomic E-state index is 0.0214. The van der Waals surface area contributed by atoms with Gasteiger partial charge in [0, 0.05) is 5.02 Å². The number of aliphatic carboxylic acids is 1. The van der Waals surface area contributed by atoms with Gasteiger partial charge in [0.15, 0.2) is 0 Å². The van der Waals surface area contributed by atoms with Crippen molar-refractivity contribution in [1.82, 2.24) is 0 Å². The third-order valence-corrected chi connectivity index (χ3v) is 5.98. The number of rotatable bonds is 5. The van der Waals surface area contributed by atoms with Crippen LogP contribution in [0, 0.1) is 0 Å². The molecule has 2 rings (SSSR count). The second-order valence-corrected chi connectivity index (χ2v) is 7.91. The van der Waals surface area contributed by atoms with E-state index in [1.165, 1.54) is 49.4 Å². The standard InChI is InChI=1S/C15H12Cl3NO4S/c1-9(15(20)21)19(14-12(17)3-2-4-13(14)18)24(22,23)11-7-5-10(16)6-8-11/h2-9H,1H3,(H,20,21). The molecule has 0 radical (unpaired) electrons. The molecule has 2 aromatic carbocycles. The van der Waals surface area contributed by atoms with Crippen LogP contribution in [0.2, 0.25) is 15.1 Å². The molecule has 0 fully saturated rings. The maximum atomic E-state index is 13.0. The molecule has 1 N–H and O–H groups in total. The number of hydrogen-bond acceptors (Lipinski definition) is 3. The lowest BCUT2D eigenvalue weighted by Crippen LogP contribution is -2.43. The van der Waals surface area contributed by atoms with E-state index in [4.69, 9.17) is 34.8 Å². The molecule has 0 saturated heterocycles. The van der Waals surface area contributed by atoms with E-state index in [1.54, 1.807) is 0 Å². The topological polar surface area (TPSA) is 74.7 Å². The number of benzene rings is 2. The summed E-state index contributed by atoms with van der Waals surface area (Å²) >= 11 is 18.0. The van der Waals surface area contributed by atoms with Gasteiger partial charge in [-0.05, 0) is 43.3 Å². The van der Waals surface area contributed by atoms with Gasteiger partial charge in [-0.15, -0.1) is 0 Å². The summed E-state index contributed by atoms with van der Waals surface area (Å²) < 4.78 is 26.7. The number of sulfonamides is 1. The van der Waals surface area contributed by atoms with Crippen molar-refractivity contribution in [2.75, 3.05) is 4.31 Å². The lowest BCUT2D eigenvalue weighted by atomic mass is 10.2. The van der Waals surface area contributed by atoms with E-state index in [1.807, 2.05) is 0 Å². The predicted octanol–water partition coefficient (Wildman–Crippen LogP) is 4.32. The molecule has 0 aliphatic rings. The molecule has 1 unspecified atom stereocenters. The van der Waals surface area contributed by atoms with Crippen LogP contribution in [-0.2, 0) is 14.8 Å². The Morgan fingerprint density at radius 1 is 1.04 bits per heavy atom. The third kappa shape index (κ3) is 3.62. The highest BCUT2D eigenvalue weighted by Crippen LogP contribution is 2.38. The van der Waals surface area contributed by atoms with Crippen molar-refractivity contribution in [3.8, 4) is 0 Å². The SMILES string of the molecule is CC(C(=O)O)N(c1c(Cl)cccc1Cl)S(=O)(=O)c1ccc(Cl)cc1. The molecule has 9 heteroatoms. The lowest BCUT2D eigenvalue weighted by molar-refractivity contribution is -0.137. The fourth-order valence-electron chi connectivity index (χ4n) is 2.04. The van der Waals surface area contributed by atoms with Crippen LogP contribution in [0.5, 0.6) is 0 Å². The molecule has 24 heavy (non-hydrogen) atoms. The maximum absolute atomic E-state index is 13.0. The summed E-state index contributed by atoms with van der Waals surface area (Å²) in [4.78, 5) is 11.3. The number of carboxylic acid groups (broad SMARTS) is 1. The zero-order valence-electron chi connectivity index (χ0n) is 12.3. The average molecular weight is 409 g/mol. The van der Waals surface area contributed by atoms with Gasteiger partial charge < -0.3 is 5.11 Å². The summed E-state index contributed by atoms with van der Waals surface area (Å²) in [6, 6.07) is 8.32. The van der Waals surface area contributed by atoms with E-state index in [0.29, 0.717) is 9.33 Å². The first-order chi connectivity index (χ1) is 11.2. The van der Waals surface area contributed by atoms with Crippen molar-refractivity contribution in [3.05, 3.63) is 57.5 Å². The van der Waals surface area contributed by atoms with Crippen molar-refractivity contribution in [3.63, 3.8) is 0 Å². The minimum atomic E-state index is -4.24. The van der Waals surface area contributed by atoms with Crippen molar-refractivity contribution < 1.29 is 18.3 Å². The van der Waals surface area contributed by atoms with Crippen LogP contribution in [0.3, 0.4) is 0 Å². The molecule has 0 aliphatic heterocycles. The van der Waals surface area contributed by atoms with Gasteiger partial charge in [-0.2, -0.15) is 0 Å². The molecule has 128 valence electrons. The van der Waals surface area contributed by atoms with Gasteiger partial charge in [-0.1, -0.05) is 40.9 Å². The van der Waals surface area contributed by atoms with Crippen molar-refractivity contribution in [1.29, 1.82) is 0 Å². The van der Waals surface area contributed by atoms with Crippen molar-refractivity contribution in [2.45, 2.75) is 17.9 Å². The maximum Gasteiger partial charge on any atom is 0.327 e. The number of nitrogens with zero attached hydrogens (tertiary/aromatic N) is 1. The summed E-state index contributed by atoms with van der Waals surface area (Å²) in [5, 5.41) is 9.73. The van der Waals surface area contributed by atoms with E-state index in [9.17, 15) is 18.3 Å². The molecule has 0 spiro atoms. The lowest BCUT2D eigenvalue weighted by Gasteiger charge is -2.29. The van der Waals surface area contributed by atoms with Crippen molar-refractivity contribution >= 4 is 56.5 Å². The Balaban J connectivity index is 2.71. The van der Waals surface area contributed by atoms with Crippen LogP contribution in [-0.4, -0.2) is 25.5 Å². The highest BCUT2D eigenvalue weighted by Gasteiger charge is 2.35. The summed E-state index contributed by atoms with van der Waals surface area (Å²) in [5.41, 5.74) is -0.0920. The van der Waals surface area contributed by atoms with Crippen molar-refractivity contribution in [2.24, 2.45) is 0 Å². The smallest absolute Gasteiger partial charge is 0.327 e. The van der Waals surface area contributed by atoms with E-state index in [0.717, 1.165) is 0 Å². The number of hydrogen-bond donors (Lipinski definition) is 1. The Morgan fingerprint density at radius 3 is 2.00 bits per heavy atom. The van der Waals surface area contributed by atoms with Crippen LogP contribution in [0.15, 0.2) is 47.4 Å². The van der Waals surface area contributed by atoms with E-state index in [2.05, 4.69) is 0 Å². The normalized spacial score (nSPS) is 12.7. The van der Waals surface area contributed by atoms with Gasteiger partial charge in [0.05, 0.1) is 20.6 Å². The molecule has 5 nitrogen and oxygen atoms in total. The molecular formula is C15H12Cl3NO4S. The highest BCUT2D eigenvalue weighted by atomic mass is 35.5. The largest absolute Gasteiger partial charge is 0.480 e. The Labute approximate surface area is 154 Å². The van der Waals surface area contributed by atoms with Gasteiger partial charge in [-0.25, -0.2) is 17.5 Å². The Hall–Kier alpha value is -1.47. The highest BCUT2D eigenvalue weighted by molar-refractivity contribution is 7.93. The molecule has 0 aliphatic carbocycles. The fraction of sp³-hybridized carbons (Fsp3) is 0.133. The van der Waals surface area contributed by atoms with Crippen LogP contribution in [0.1, 0.15) is 6.92 Å². The average Bonchev–Trinajstić information content (AvgIpc) is 2.50. The minimum Gasteiger partial charge on any atom is -0.480 e. The number of carboxylic acids is 1. The first-order valence-electron chi connectivity index (χ1n) is 6.63. The zero-order valence-corrected chi connectivity index (χ0v) is 15.4. The van der Waals surface area contributed by atoms with Crippen LogP contribution >= 0.6 is 34.8 Å². The predicted molar refractivity (Wildman–Crippen MR) is 94.7 cm³/mol. The van der Waals surface area contributed by atoms with Gasteiger partial charge >= 0.3 is 5.97 Å². The summed E-state index contributed by atoms with van der Waals surface area (Å²) in [6.07, 6.45) is 0. The number of carbonyl (C=O) groups is 1. The second-order valence-electron chi connectivity index (χ2n) is 4.84. The zero-order chi connectivity index (χ0) is 18.1. The van der Waals surface area contributed by atoms with E-state index in [-0.39, 0.29) is 20.6 Å². The molecular weight excluding hydrogens is 397 g/mol. The summed E-state index contributed by atoms with van der Waals surface area (Å²) in [5.74, 6) is -1.34. The first-order valence-corrected chi connectivity index (χ1v) is 9.20. The van der Waals surface area contributed by atoms with E-state index >= 15 is 0 Å². The molecule has 0 amide bonds. The Bertz CT molecular complexity index is 849. The molecule has 0 aromatic heterocycles. The van der Waals surface area contributed by atoms with Crippen LogP contribution < -0.4 is 4.31 Å². The quantitative estimate of drug-likeness (QED) is 0.799. The van der Waals surface area contributed by atoms with Gasteiger partial charge in [0.1, 0.15) is 6.04 Å². The summed E-state index contributed by atoms with van der Waals surface area (Å²) in [7, 11) is -4.24. The second kappa shape index (κ2) is 7.19. The molecule has 0 saturated carbocycles. The molecule has 0 bridgehead atoms. The van der Waals surface area contributed by atoms with Gasteiger partial charge in [-0.3, -0.25) is 0 Å². The third-order valence-electron chi connectivity index (χ3n) is 3.24. The van der Waals surface area contributed by atoms with Gasteiger partial charge in [0.25, 0.3) is 10.0 Å². The molecule has 2 aromatic rings. The number of anilines is 1. The summed E-state index contributed by atoms with van der Waals surface area (Å²) in [6.45, 7) is 1.23. The monoisotopic (exact) mass is 407 g/mol. The number of para-hydroxylation sites is 1. The fourth-order valence-corrected chi connectivity index (χ4v) is 4.50. The molecule has 1 atom stereocenters. The van der Waals surface area contributed by atoms with Gasteiger partial charge in [0.2, 0.25) is 0 Å². The van der Waals surface area contributed by atoms with Crippen LogP contribution in [0.25, 0.3) is 0 Å². The number of halogens is 3. The first kappa shape index (κ1) is 18.9.